The Morgan fingerprint density at radius 1 is 1.18 bits per heavy atom. The van der Waals surface area contributed by atoms with Crippen LogP contribution in [0, 0.1) is 30.6 Å². The first-order valence-corrected chi connectivity index (χ1v) is 14.6. The Hall–Kier alpha value is -3.21. The number of carbonyl (C=O) groups excluding carboxylic acids is 2. The second kappa shape index (κ2) is 11.3. The molecule has 0 aliphatic heterocycles. The van der Waals surface area contributed by atoms with E-state index in [2.05, 4.69) is 30.7 Å². The standard InChI is InChI=1S/C27H34FN7O2S/c1-4-19-22(15(2)32-34-19)18-9-10-21(30-25(18)28)31-26(36)24(23(16-5-6-16)17-7-8-17)35(13-14-38-3)27(37)20-11-12-29-33-20/h9-12,16-17,23-24H,4-8,13-14H2,1-3H3,(H,29,33)(H,32,34)(H,30,31,36)/t24-/m0/s1. The van der Waals surface area contributed by atoms with Crippen LogP contribution in [0.5, 0.6) is 0 Å². The second-order valence-corrected chi connectivity index (χ2v) is 11.2. The molecule has 0 aromatic carbocycles. The zero-order valence-corrected chi connectivity index (χ0v) is 22.8. The fourth-order valence-corrected chi connectivity index (χ4v) is 5.84. The molecule has 202 valence electrons. The highest BCUT2D eigenvalue weighted by molar-refractivity contribution is 7.98. The van der Waals surface area contributed by atoms with Gasteiger partial charge in [-0.2, -0.15) is 26.3 Å². The van der Waals surface area contributed by atoms with Crippen molar-refractivity contribution >= 4 is 29.4 Å². The number of nitrogens with one attached hydrogen (secondary N) is 3. The molecule has 1 atom stereocenters. The minimum atomic E-state index is -0.676. The van der Waals surface area contributed by atoms with Gasteiger partial charge in [0.2, 0.25) is 11.9 Å². The van der Waals surface area contributed by atoms with Crippen LogP contribution in [0.25, 0.3) is 11.1 Å². The lowest BCUT2D eigenvalue weighted by atomic mass is 9.87. The van der Waals surface area contributed by atoms with Crippen molar-refractivity contribution in [3.63, 3.8) is 0 Å². The van der Waals surface area contributed by atoms with Crippen LogP contribution < -0.4 is 5.32 Å². The lowest BCUT2D eigenvalue weighted by Gasteiger charge is -2.36. The largest absolute Gasteiger partial charge is 0.324 e. The number of pyridine rings is 1. The van der Waals surface area contributed by atoms with Crippen molar-refractivity contribution in [3.05, 3.63) is 47.4 Å². The molecule has 2 aliphatic rings. The van der Waals surface area contributed by atoms with E-state index in [1.807, 2.05) is 20.1 Å². The van der Waals surface area contributed by atoms with Gasteiger partial charge in [0, 0.05) is 35.3 Å². The summed E-state index contributed by atoms with van der Waals surface area (Å²) in [4.78, 5) is 33.4. The van der Waals surface area contributed by atoms with Gasteiger partial charge in [-0.25, -0.2) is 4.98 Å². The van der Waals surface area contributed by atoms with Crippen molar-refractivity contribution in [2.45, 2.75) is 52.0 Å². The van der Waals surface area contributed by atoms with Crippen LogP contribution in [0.3, 0.4) is 0 Å². The predicted octanol–water partition coefficient (Wildman–Crippen LogP) is 4.45. The van der Waals surface area contributed by atoms with Gasteiger partial charge in [-0.05, 0) is 81.2 Å². The number of H-pyrrole nitrogens is 2. The highest BCUT2D eigenvalue weighted by atomic mass is 32.2. The quantitative estimate of drug-likeness (QED) is 0.293. The third-order valence-electron chi connectivity index (χ3n) is 7.56. The Kier molecular flexibility index (Phi) is 7.83. The van der Waals surface area contributed by atoms with E-state index < -0.39 is 12.0 Å². The molecule has 0 saturated heterocycles. The van der Waals surface area contributed by atoms with E-state index in [-0.39, 0.29) is 23.6 Å². The maximum atomic E-state index is 15.3. The van der Waals surface area contributed by atoms with E-state index in [1.54, 1.807) is 34.9 Å². The molecule has 2 aliphatic carbocycles. The SMILES string of the molecule is CCc1n[nH]c(C)c1-c1ccc(NC(=O)[C@H](C(C2CC2)C2CC2)N(CCSC)C(=O)c2ccn[nH]2)nc1F. The normalized spacial score (nSPS) is 16.0. The number of rotatable bonds is 12. The van der Waals surface area contributed by atoms with Gasteiger partial charge in [0.25, 0.3) is 5.91 Å². The molecule has 2 fully saturated rings. The summed E-state index contributed by atoms with van der Waals surface area (Å²) in [5, 5.41) is 16.7. The number of aryl methyl sites for hydroxylation is 2. The van der Waals surface area contributed by atoms with E-state index in [4.69, 9.17) is 0 Å². The molecular formula is C27H34FN7O2S. The Balaban J connectivity index is 1.45. The second-order valence-electron chi connectivity index (χ2n) is 10.2. The number of carbonyl (C=O) groups is 2. The van der Waals surface area contributed by atoms with Gasteiger partial charge in [-0.1, -0.05) is 6.92 Å². The summed E-state index contributed by atoms with van der Waals surface area (Å²) in [5.74, 6) is 0.458. The molecule has 38 heavy (non-hydrogen) atoms. The number of anilines is 1. The first-order chi connectivity index (χ1) is 18.4. The first kappa shape index (κ1) is 26.4. The molecule has 3 N–H and O–H groups in total. The maximum Gasteiger partial charge on any atom is 0.272 e. The average molecular weight is 540 g/mol. The van der Waals surface area contributed by atoms with Gasteiger partial charge in [0.15, 0.2) is 0 Å². The zero-order chi connectivity index (χ0) is 26.8. The summed E-state index contributed by atoms with van der Waals surface area (Å²) in [7, 11) is 0. The zero-order valence-electron chi connectivity index (χ0n) is 22.0. The predicted molar refractivity (Wildman–Crippen MR) is 145 cm³/mol. The topological polar surface area (TPSA) is 120 Å². The Morgan fingerprint density at radius 3 is 2.50 bits per heavy atom. The lowest BCUT2D eigenvalue weighted by Crippen LogP contribution is -2.53. The van der Waals surface area contributed by atoms with Gasteiger partial charge in [0.1, 0.15) is 17.6 Å². The van der Waals surface area contributed by atoms with Crippen molar-refractivity contribution in [2.24, 2.45) is 17.8 Å². The third-order valence-corrected chi connectivity index (χ3v) is 8.15. The summed E-state index contributed by atoms with van der Waals surface area (Å²) < 4.78 is 15.3. The van der Waals surface area contributed by atoms with Crippen molar-refractivity contribution in [1.82, 2.24) is 30.3 Å². The van der Waals surface area contributed by atoms with Gasteiger partial charge in [-0.15, -0.1) is 0 Å². The van der Waals surface area contributed by atoms with Crippen LogP contribution in [0.4, 0.5) is 10.2 Å². The maximum absolute atomic E-state index is 15.3. The number of hydrogen-bond acceptors (Lipinski definition) is 6. The third kappa shape index (κ3) is 5.48. The highest BCUT2D eigenvalue weighted by Gasteiger charge is 2.50. The number of aromatic amines is 2. The average Bonchev–Trinajstić information content (AvgIpc) is 3.83. The van der Waals surface area contributed by atoms with Gasteiger partial charge in [-0.3, -0.25) is 19.8 Å². The van der Waals surface area contributed by atoms with Crippen molar-refractivity contribution < 1.29 is 14.0 Å². The molecule has 2 amide bonds. The summed E-state index contributed by atoms with van der Waals surface area (Å²) in [5.41, 5.74) is 2.91. The number of amides is 2. The molecule has 0 unspecified atom stereocenters. The van der Waals surface area contributed by atoms with E-state index in [9.17, 15) is 9.59 Å². The van der Waals surface area contributed by atoms with Gasteiger partial charge >= 0.3 is 0 Å². The minimum Gasteiger partial charge on any atom is -0.324 e. The van der Waals surface area contributed by atoms with Crippen LogP contribution >= 0.6 is 11.8 Å². The Morgan fingerprint density at radius 2 is 1.92 bits per heavy atom. The van der Waals surface area contributed by atoms with E-state index in [0.29, 0.717) is 47.4 Å². The summed E-state index contributed by atoms with van der Waals surface area (Å²) in [6.45, 7) is 4.23. The molecule has 0 bridgehead atoms. The molecule has 3 aromatic rings. The Labute approximate surface area is 225 Å². The number of aromatic nitrogens is 5. The van der Waals surface area contributed by atoms with Crippen LogP contribution in [0.2, 0.25) is 0 Å². The molecular weight excluding hydrogens is 505 g/mol. The summed E-state index contributed by atoms with van der Waals surface area (Å²) in [6.07, 6.45) is 8.41. The van der Waals surface area contributed by atoms with Gasteiger partial charge in [0.05, 0.1) is 5.69 Å². The molecule has 2 saturated carbocycles. The summed E-state index contributed by atoms with van der Waals surface area (Å²) in [6, 6.07) is 4.20. The minimum absolute atomic E-state index is 0.0635. The number of nitrogens with zero attached hydrogens (tertiary/aromatic N) is 4. The van der Waals surface area contributed by atoms with Crippen LogP contribution in [0.15, 0.2) is 24.4 Å². The van der Waals surface area contributed by atoms with Crippen LogP contribution in [-0.4, -0.2) is 66.7 Å². The van der Waals surface area contributed by atoms with Crippen LogP contribution in [-0.2, 0) is 11.2 Å². The fourth-order valence-electron chi connectivity index (χ4n) is 5.46. The molecule has 3 aromatic heterocycles. The molecule has 3 heterocycles. The number of hydrogen-bond donors (Lipinski definition) is 3. The molecule has 11 heteroatoms. The molecule has 9 nitrogen and oxygen atoms in total. The molecule has 0 radical (unpaired) electrons. The number of halogens is 1. The highest BCUT2D eigenvalue weighted by Crippen LogP contribution is 2.52. The van der Waals surface area contributed by atoms with Gasteiger partial charge < -0.3 is 10.2 Å². The monoisotopic (exact) mass is 539 g/mol. The van der Waals surface area contributed by atoms with Crippen molar-refractivity contribution in [3.8, 4) is 11.1 Å². The lowest BCUT2D eigenvalue weighted by molar-refractivity contribution is -0.123. The summed E-state index contributed by atoms with van der Waals surface area (Å²) >= 11 is 1.62. The van der Waals surface area contributed by atoms with E-state index in [1.165, 1.54) is 6.20 Å². The van der Waals surface area contributed by atoms with Crippen LogP contribution in [0.1, 0.15) is 54.5 Å². The number of thioether (sulfide) groups is 1. The van der Waals surface area contributed by atoms with E-state index >= 15 is 4.39 Å². The molecule has 0 spiro atoms. The van der Waals surface area contributed by atoms with Crippen molar-refractivity contribution in [2.75, 3.05) is 23.9 Å². The van der Waals surface area contributed by atoms with E-state index in [0.717, 1.165) is 37.1 Å². The Bertz CT molecular complexity index is 1270. The smallest absolute Gasteiger partial charge is 0.272 e. The fraction of sp³-hybridized carbons (Fsp3) is 0.519. The molecule has 5 rings (SSSR count). The first-order valence-electron chi connectivity index (χ1n) is 13.2. The van der Waals surface area contributed by atoms with Crippen molar-refractivity contribution in [1.29, 1.82) is 0 Å².